The number of benzene rings is 1. The summed E-state index contributed by atoms with van der Waals surface area (Å²) in [5.74, 6) is -2.15. The summed E-state index contributed by atoms with van der Waals surface area (Å²) in [6, 6.07) is 3.79. The van der Waals surface area contributed by atoms with Gasteiger partial charge in [-0.05, 0) is 17.7 Å². The minimum atomic E-state index is -3.61. The first-order valence-corrected chi connectivity index (χ1v) is 6.98. The molecule has 2 N–H and O–H groups in total. The zero-order chi connectivity index (χ0) is 13.9. The van der Waals surface area contributed by atoms with E-state index in [1.54, 1.807) is 0 Å². The SMILES string of the molecule is CN(C)C(=O)CS(=O)(=O)Cc1ccc(N)c(F)c1. The number of carbonyl (C=O) groups excluding carboxylic acids is 1. The lowest BCUT2D eigenvalue weighted by molar-refractivity contribution is -0.125. The quantitative estimate of drug-likeness (QED) is 0.806. The van der Waals surface area contributed by atoms with Crippen LogP contribution in [0.1, 0.15) is 5.56 Å². The standard InChI is InChI=1S/C11H15FN2O3S/c1-14(2)11(15)7-18(16,17)6-8-3-4-10(13)9(12)5-8/h3-5H,6-7,13H2,1-2H3. The molecule has 18 heavy (non-hydrogen) atoms. The molecule has 0 atom stereocenters. The van der Waals surface area contributed by atoms with E-state index in [2.05, 4.69) is 0 Å². The molecule has 5 nitrogen and oxygen atoms in total. The van der Waals surface area contributed by atoms with Crippen LogP contribution in [0.25, 0.3) is 0 Å². The van der Waals surface area contributed by atoms with E-state index in [0.29, 0.717) is 0 Å². The van der Waals surface area contributed by atoms with Gasteiger partial charge >= 0.3 is 0 Å². The van der Waals surface area contributed by atoms with Crippen LogP contribution >= 0.6 is 0 Å². The number of hydrogen-bond donors (Lipinski definition) is 1. The van der Waals surface area contributed by atoms with E-state index in [4.69, 9.17) is 5.73 Å². The normalized spacial score (nSPS) is 11.3. The molecule has 0 spiro atoms. The van der Waals surface area contributed by atoms with Gasteiger partial charge in [-0.3, -0.25) is 4.79 Å². The summed E-state index contributed by atoms with van der Waals surface area (Å²) in [5, 5.41) is 0. The molecular weight excluding hydrogens is 259 g/mol. The Morgan fingerprint density at radius 1 is 1.39 bits per heavy atom. The van der Waals surface area contributed by atoms with Crippen LogP contribution in [-0.4, -0.2) is 39.1 Å². The third-order valence-corrected chi connectivity index (χ3v) is 3.75. The van der Waals surface area contributed by atoms with E-state index in [1.165, 1.54) is 31.1 Å². The van der Waals surface area contributed by atoms with Crippen molar-refractivity contribution < 1.29 is 17.6 Å². The van der Waals surface area contributed by atoms with Crippen molar-refractivity contribution in [2.24, 2.45) is 0 Å². The highest BCUT2D eigenvalue weighted by Gasteiger charge is 2.19. The average Bonchev–Trinajstić information content (AvgIpc) is 2.22. The Kier molecular flexibility index (Phi) is 4.28. The Hall–Kier alpha value is -1.63. The van der Waals surface area contributed by atoms with Gasteiger partial charge < -0.3 is 10.6 Å². The second-order valence-corrected chi connectivity index (χ2v) is 6.24. The number of rotatable bonds is 4. The molecule has 0 aliphatic carbocycles. The molecule has 0 fully saturated rings. The van der Waals surface area contributed by atoms with Gasteiger partial charge in [0.15, 0.2) is 9.84 Å². The van der Waals surface area contributed by atoms with Crippen LogP contribution in [0, 0.1) is 5.82 Å². The Morgan fingerprint density at radius 2 is 2.00 bits per heavy atom. The van der Waals surface area contributed by atoms with E-state index in [9.17, 15) is 17.6 Å². The van der Waals surface area contributed by atoms with Crippen molar-refractivity contribution in [1.82, 2.24) is 4.90 Å². The van der Waals surface area contributed by atoms with Gasteiger partial charge in [0, 0.05) is 14.1 Å². The molecule has 1 aromatic rings. The highest BCUT2D eigenvalue weighted by Crippen LogP contribution is 2.14. The zero-order valence-corrected chi connectivity index (χ0v) is 11.0. The van der Waals surface area contributed by atoms with Crippen molar-refractivity contribution in [3.8, 4) is 0 Å². The second kappa shape index (κ2) is 5.34. The molecule has 0 saturated carbocycles. The Morgan fingerprint density at radius 3 is 2.50 bits per heavy atom. The predicted molar refractivity (Wildman–Crippen MR) is 67.0 cm³/mol. The largest absolute Gasteiger partial charge is 0.396 e. The average molecular weight is 274 g/mol. The lowest BCUT2D eigenvalue weighted by Crippen LogP contribution is -2.29. The Balaban J connectivity index is 2.83. The van der Waals surface area contributed by atoms with Crippen LogP contribution in [0.2, 0.25) is 0 Å². The highest BCUT2D eigenvalue weighted by molar-refractivity contribution is 7.91. The monoisotopic (exact) mass is 274 g/mol. The molecule has 100 valence electrons. The summed E-state index contributed by atoms with van der Waals surface area (Å²) in [5.41, 5.74) is 5.52. The zero-order valence-electron chi connectivity index (χ0n) is 10.2. The number of hydrogen-bond acceptors (Lipinski definition) is 4. The van der Waals surface area contributed by atoms with Gasteiger partial charge in [0.25, 0.3) is 0 Å². The van der Waals surface area contributed by atoms with Crippen molar-refractivity contribution in [2.75, 3.05) is 25.6 Å². The van der Waals surface area contributed by atoms with E-state index >= 15 is 0 Å². The minimum Gasteiger partial charge on any atom is -0.396 e. The maximum absolute atomic E-state index is 13.2. The third-order valence-electron chi connectivity index (χ3n) is 2.29. The first-order valence-electron chi connectivity index (χ1n) is 5.16. The number of sulfone groups is 1. The fourth-order valence-electron chi connectivity index (χ4n) is 1.28. The van der Waals surface area contributed by atoms with Gasteiger partial charge in [-0.1, -0.05) is 6.07 Å². The minimum absolute atomic E-state index is 0.0412. The predicted octanol–water partition coefficient (Wildman–Crippen LogP) is 0.411. The van der Waals surface area contributed by atoms with Crippen molar-refractivity contribution in [3.05, 3.63) is 29.6 Å². The van der Waals surface area contributed by atoms with Crippen molar-refractivity contribution in [3.63, 3.8) is 0 Å². The highest BCUT2D eigenvalue weighted by atomic mass is 32.2. The summed E-state index contributed by atoms with van der Waals surface area (Å²) in [6.07, 6.45) is 0. The first-order chi connectivity index (χ1) is 8.21. The van der Waals surface area contributed by atoms with Crippen LogP contribution in [0.5, 0.6) is 0 Å². The molecular formula is C11H15FN2O3S. The third kappa shape index (κ3) is 3.99. The number of carbonyl (C=O) groups is 1. The summed E-state index contributed by atoms with van der Waals surface area (Å²) in [4.78, 5) is 12.5. The fraction of sp³-hybridized carbons (Fsp3) is 0.364. The molecule has 0 radical (unpaired) electrons. The van der Waals surface area contributed by atoms with E-state index < -0.39 is 27.3 Å². The molecule has 0 bridgehead atoms. The molecule has 0 aliphatic rings. The number of nitrogens with zero attached hydrogens (tertiary/aromatic N) is 1. The van der Waals surface area contributed by atoms with Gasteiger partial charge in [0.1, 0.15) is 11.6 Å². The number of amides is 1. The van der Waals surface area contributed by atoms with Gasteiger partial charge in [-0.2, -0.15) is 0 Å². The molecule has 0 unspecified atom stereocenters. The number of nitrogens with two attached hydrogens (primary N) is 1. The Labute approximate surface area is 105 Å². The van der Waals surface area contributed by atoms with E-state index in [-0.39, 0.29) is 17.0 Å². The molecule has 1 aromatic carbocycles. The number of anilines is 1. The molecule has 1 rings (SSSR count). The molecule has 1 amide bonds. The molecule has 0 aromatic heterocycles. The van der Waals surface area contributed by atoms with Crippen molar-refractivity contribution in [2.45, 2.75) is 5.75 Å². The van der Waals surface area contributed by atoms with Gasteiger partial charge in [0.05, 0.1) is 11.4 Å². The van der Waals surface area contributed by atoms with Gasteiger partial charge in [-0.25, -0.2) is 12.8 Å². The molecule has 0 saturated heterocycles. The summed E-state index contributed by atoms with van der Waals surface area (Å²) in [6.45, 7) is 0. The number of halogens is 1. The lowest BCUT2D eigenvalue weighted by Gasteiger charge is -2.10. The van der Waals surface area contributed by atoms with Gasteiger partial charge in [0.2, 0.25) is 5.91 Å². The smallest absolute Gasteiger partial charge is 0.237 e. The van der Waals surface area contributed by atoms with Crippen LogP contribution in [0.3, 0.4) is 0 Å². The van der Waals surface area contributed by atoms with E-state index in [1.807, 2.05) is 0 Å². The summed E-state index contributed by atoms with van der Waals surface area (Å²) in [7, 11) is -0.661. The van der Waals surface area contributed by atoms with Gasteiger partial charge in [-0.15, -0.1) is 0 Å². The molecule has 7 heteroatoms. The molecule has 0 heterocycles. The topological polar surface area (TPSA) is 80.5 Å². The summed E-state index contributed by atoms with van der Waals surface area (Å²) >= 11 is 0. The lowest BCUT2D eigenvalue weighted by atomic mass is 10.2. The van der Waals surface area contributed by atoms with Crippen LogP contribution in [0.15, 0.2) is 18.2 Å². The van der Waals surface area contributed by atoms with Crippen molar-refractivity contribution in [1.29, 1.82) is 0 Å². The van der Waals surface area contributed by atoms with Crippen LogP contribution < -0.4 is 5.73 Å². The van der Waals surface area contributed by atoms with Crippen LogP contribution in [0.4, 0.5) is 10.1 Å². The maximum atomic E-state index is 13.2. The molecule has 0 aliphatic heterocycles. The second-order valence-electron chi connectivity index (χ2n) is 4.18. The van der Waals surface area contributed by atoms with Crippen molar-refractivity contribution >= 4 is 21.4 Å². The van der Waals surface area contributed by atoms with E-state index in [0.717, 1.165) is 6.07 Å². The fourth-order valence-corrected chi connectivity index (χ4v) is 2.71. The number of nitrogen functional groups attached to an aromatic ring is 1. The first kappa shape index (κ1) is 14.4. The maximum Gasteiger partial charge on any atom is 0.237 e. The Bertz CT molecular complexity index is 555. The van der Waals surface area contributed by atoms with Crippen LogP contribution in [-0.2, 0) is 20.4 Å². The summed E-state index contributed by atoms with van der Waals surface area (Å²) < 4.78 is 36.6.